The minimum atomic E-state index is -1.47. The van der Waals surface area contributed by atoms with Crippen LogP contribution in [-0.4, -0.2) is 83.7 Å². The molecule has 6 rings (SSSR count). The molecule has 2 N–H and O–H groups in total. The van der Waals surface area contributed by atoms with Gasteiger partial charge >= 0.3 is 11.9 Å². The monoisotopic (exact) mass is 528 g/mol. The maximum atomic E-state index is 13.2. The van der Waals surface area contributed by atoms with Gasteiger partial charge in [-0.15, -0.1) is 0 Å². The van der Waals surface area contributed by atoms with E-state index in [9.17, 15) is 19.8 Å². The Bertz CT molecular complexity index is 1150. The summed E-state index contributed by atoms with van der Waals surface area (Å²) in [5.41, 5.74) is -1.76. The number of allylic oxidation sites excluding steroid dienone is 3. The second-order valence-corrected chi connectivity index (χ2v) is 11.8. The van der Waals surface area contributed by atoms with Crippen LogP contribution in [0, 0.1) is 10.8 Å². The van der Waals surface area contributed by atoms with E-state index in [2.05, 4.69) is 19.9 Å². The number of ether oxygens (including phenoxy) is 5. The molecular formula is C29H36O9. The zero-order chi connectivity index (χ0) is 26.9. The van der Waals surface area contributed by atoms with Crippen molar-refractivity contribution in [1.82, 2.24) is 0 Å². The third kappa shape index (κ3) is 3.48. The molecule has 0 aromatic rings. The lowest BCUT2D eigenvalue weighted by Crippen LogP contribution is -2.66. The van der Waals surface area contributed by atoms with Crippen LogP contribution in [0.2, 0.25) is 0 Å². The molecule has 38 heavy (non-hydrogen) atoms. The van der Waals surface area contributed by atoms with Crippen molar-refractivity contribution < 1.29 is 43.5 Å². The van der Waals surface area contributed by atoms with Crippen molar-refractivity contribution in [3.8, 4) is 0 Å². The zero-order valence-corrected chi connectivity index (χ0v) is 22.1. The predicted octanol–water partition coefficient (Wildman–Crippen LogP) is 2.07. The molecule has 9 atom stereocenters. The molecule has 4 bridgehead atoms. The van der Waals surface area contributed by atoms with Gasteiger partial charge in [0.2, 0.25) is 0 Å². The molecule has 6 aliphatic rings. The highest BCUT2D eigenvalue weighted by Crippen LogP contribution is 2.72. The molecule has 3 saturated heterocycles. The quantitative estimate of drug-likeness (QED) is 0.299. The second kappa shape index (κ2) is 8.86. The van der Waals surface area contributed by atoms with Gasteiger partial charge in [0.05, 0.1) is 36.9 Å². The molecule has 9 heteroatoms. The minimum Gasteiger partial charge on any atom is -0.462 e. The molecule has 9 nitrogen and oxygen atoms in total. The third-order valence-corrected chi connectivity index (χ3v) is 10.1. The molecule has 0 aromatic heterocycles. The Morgan fingerprint density at radius 2 is 1.87 bits per heavy atom. The average molecular weight is 529 g/mol. The lowest BCUT2D eigenvalue weighted by molar-refractivity contribution is -0.232. The molecule has 1 saturated carbocycles. The number of hydrogen-bond acceptors (Lipinski definition) is 9. The standard InChI is InChI=1S/C29H36O9/c1-17-7-10-27-15-34-24(32)13-19-8-11-35-28(18(2)30,25(19)33)9-5-4-6-23(31)38-20-14-22(37-21(27)12-17)29(16-36-29)26(20,27)3/h4-6,9,12-13,18,20-22,25,30,33H,7-8,10-11,14-16H2,1-3H3/b6-4-,9-5+,19-13-/t18-,20+,21+,22+,25-,26+,27+,28+,29-/m0/s1. The van der Waals surface area contributed by atoms with Crippen molar-refractivity contribution in [2.24, 2.45) is 10.8 Å². The molecule has 2 spiro atoms. The van der Waals surface area contributed by atoms with Gasteiger partial charge in [-0.1, -0.05) is 30.7 Å². The Hall–Kier alpha value is -2.30. The summed E-state index contributed by atoms with van der Waals surface area (Å²) in [6.45, 7) is 6.43. The molecule has 0 radical (unpaired) electrons. The van der Waals surface area contributed by atoms with Gasteiger partial charge in [-0.05, 0) is 44.8 Å². The van der Waals surface area contributed by atoms with Gasteiger partial charge in [0, 0.05) is 24.0 Å². The van der Waals surface area contributed by atoms with E-state index in [0.29, 0.717) is 31.4 Å². The Balaban J connectivity index is 1.44. The Kier molecular flexibility index (Phi) is 6.05. The lowest BCUT2D eigenvalue weighted by atomic mass is 9.51. The zero-order valence-electron chi connectivity index (χ0n) is 22.1. The van der Waals surface area contributed by atoms with Crippen molar-refractivity contribution >= 4 is 11.9 Å². The summed E-state index contributed by atoms with van der Waals surface area (Å²) in [6, 6.07) is 0. The summed E-state index contributed by atoms with van der Waals surface area (Å²) in [7, 11) is 0. The first-order chi connectivity index (χ1) is 18.1. The van der Waals surface area contributed by atoms with Gasteiger partial charge in [0.1, 0.15) is 30.0 Å². The third-order valence-electron chi connectivity index (χ3n) is 10.1. The SMILES string of the molecule is CC1=C[C@H]2O[C@@H]3C[C@H]4OC(=O)/C=C\C=C\[C@]5([C@H](C)O)OCC/C(=C/C(=O)OC[C@@]2(CC1)[C@]4(C)[C@]31CO1)[C@@H]5O. The highest BCUT2D eigenvalue weighted by Gasteiger charge is 2.83. The Morgan fingerprint density at radius 1 is 1.08 bits per heavy atom. The molecule has 0 amide bonds. The largest absolute Gasteiger partial charge is 0.462 e. The number of carbonyl (C=O) groups excluding carboxylic acids is 2. The number of cyclic esters (lactones) is 1. The normalized spacial score (nSPS) is 50.0. The van der Waals surface area contributed by atoms with Crippen LogP contribution in [0.3, 0.4) is 0 Å². The van der Waals surface area contributed by atoms with Gasteiger partial charge < -0.3 is 33.9 Å². The summed E-state index contributed by atoms with van der Waals surface area (Å²) in [5, 5.41) is 21.7. The topological polar surface area (TPSA) is 124 Å². The fourth-order valence-corrected chi connectivity index (χ4v) is 7.68. The number of aliphatic hydroxyl groups is 2. The maximum Gasteiger partial charge on any atom is 0.331 e. The van der Waals surface area contributed by atoms with Gasteiger partial charge in [0.25, 0.3) is 0 Å². The predicted molar refractivity (Wildman–Crippen MR) is 134 cm³/mol. The Morgan fingerprint density at radius 3 is 2.61 bits per heavy atom. The fourth-order valence-electron chi connectivity index (χ4n) is 7.68. The van der Waals surface area contributed by atoms with Crippen molar-refractivity contribution in [1.29, 1.82) is 0 Å². The molecule has 4 aliphatic heterocycles. The smallest absolute Gasteiger partial charge is 0.331 e. The molecule has 0 unspecified atom stereocenters. The summed E-state index contributed by atoms with van der Waals surface area (Å²) in [4.78, 5) is 26.2. The number of esters is 2. The molecule has 4 fully saturated rings. The van der Waals surface area contributed by atoms with Gasteiger partial charge in [-0.2, -0.15) is 0 Å². The van der Waals surface area contributed by atoms with E-state index < -0.39 is 52.3 Å². The van der Waals surface area contributed by atoms with Crippen LogP contribution >= 0.6 is 0 Å². The summed E-state index contributed by atoms with van der Waals surface area (Å²) in [5.74, 6) is -1.10. The van der Waals surface area contributed by atoms with E-state index >= 15 is 0 Å². The van der Waals surface area contributed by atoms with Crippen LogP contribution in [0.1, 0.15) is 46.5 Å². The molecule has 206 valence electrons. The van der Waals surface area contributed by atoms with E-state index in [0.717, 1.165) is 6.42 Å². The summed E-state index contributed by atoms with van der Waals surface area (Å²) >= 11 is 0. The van der Waals surface area contributed by atoms with E-state index in [1.165, 1.54) is 36.8 Å². The van der Waals surface area contributed by atoms with E-state index in [1.54, 1.807) is 6.08 Å². The highest BCUT2D eigenvalue weighted by atomic mass is 16.6. The first kappa shape index (κ1) is 26.0. The maximum absolute atomic E-state index is 13.2. The second-order valence-electron chi connectivity index (χ2n) is 11.8. The fraction of sp³-hybridized carbons (Fsp3) is 0.655. The number of fused-ring (bicyclic) bond motifs is 2. The average Bonchev–Trinajstić information content (AvgIpc) is 3.65. The van der Waals surface area contributed by atoms with Crippen LogP contribution < -0.4 is 0 Å². The minimum absolute atomic E-state index is 0.0519. The van der Waals surface area contributed by atoms with Crippen molar-refractivity contribution in [2.45, 2.75) is 88.2 Å². The van der Waals surface area contributed by atoms with Crippen LogP contribution in [0.4, 0.5) is 0 Å². The van der Waals surface area contributed by atoms with Crippen LogP contribution in [0.25, 0.3) is 0 Å². The number of hydrogen-bond donors (Lipinski definition) is 2. The van der Waals surface area contributed by atoms with Crippen LogP contribution in [0.5, 0.6) is 0 Å². The first-order valence-corrected chi connectivity index (χ1v) is 13.5. The van der Waals surface area contributed by atoms with Crippen molar-refractivity contribution in [3.05, 3.63) is 47.6 Å². The number of carbonyl (C=O) groups is 2. The number of aliphatic hydroxyl groups excluding tert-OH is 2. The first-order valence-electron chi connectivity index (χ1n) is 13.5. The molecular weight excluding hydrogens is 492 g/mol. The van der Waals surface area contributed by atoms with E-state index in [-0.39, 0.29) is 25.4 Å². The molecule has 0 aromatic carbocycles. The van der Waals surface area contributed by atoms with E-state index in [1.807, 2.05) is 0 Å². The van der Waals surface area contributed by atoms with Crippen LogP contribution in [-0.2, 0) is 33.3 Å². The van der Waals surface area contributed by atoms with E-state index in [4.69, 9.17) is 23.7 Å². The molecule has 2 aliphatic carbocycles. The molecule has 4 heterocycles. The van der Waals surface area contributed by atoms with Gasteiger partial charge in [0.15, 0.2) is 0 Å². The van der Waals surface area contributed by atoms with Crippen LogP contribution in [0.15, 0.2) is 47.6 Å². The van der Waals surface area contributed by atoms with Crippen molar-refractivity contribution in [2.75, 3.05) is 19.8 Å². The highest BCUT2D eigenvalue weighted by molar-refractivity contribution is 5.83. The number of epoxide rings is 1. The van der Waals surface area contributed by atoms with Gasteiger partial charge in [-0.3, -0.25) is 0 Å². The van der Waals surface area contributed by atoms with Crippen molar-refractivity contribution in [3.63, 3.8) is 0 Å². The lowest BCUT2D eigenvalue weighted by Gasteiger charge is -2.58. The number of rotatable bonds is 1. The summed E-state index contributed by atoms with van der Waals surface area (Å²) in [6.07, 6.45) is 8.21. The Labute approximate surface area is 222 Å². The summed E-state index contributed by atoms with van der Waals surface area (Å²) < 4.78 is 30.6. The van der Waals surface area contributed by atoms with Gasteiger partial charge in [-0.25, -0.2) is 9.59 Å².